The van der Waals surface area contributed by atoms with Crippen LogP contribution in [0, 0.1) is 11.6 Å². The van der Waals surface area contributed by atoms with Gasteiger partial charge in [-0.1, -0.05) is 36.4 Å². The Morgan fingerprint density at radius 3 is 2.43 bits per heavy atom. The number of rotatable bonds is 5. The second-order valence-electron chi connectivity index (χ2n) is 4.60. The van der Waals surface area contributed by atoms with Crippen molar-refractivity contribution >= 4 is 5.91 Å². The fourth-order valence-corrected chi connectivity index (χ4v) is 2.05. The molecular formula is C16H16F2N2O. The Labute approximate surface area is 122 Å². The molecule has 0 unspecified atom stereocenters. The number of hydrogen-bond donors (Lipinski definition) is 1. The molecule has 0 aliphatic rings. The van der Waals surface area contributed by atoms with Crippen LogP contribution in [0.3, 0.4) is 0 Å². The SMILES string of the molecule is NCCN(Cc1ccccc1)C(=O)c1cccc(F)c1F. The van der Waals surface area contributed by atoms with Gasteiger partial charge in [-0.15, -0.1) is 0 Å². The minimum Gasteiger partial charge on any atom is -0.333 e. The van der Waals surface area contributed by atoms with Crippen LogP contribution in [-0.4, -0.2) is 23.9 Å². The monoisotopic (exact) mass is 290 g/mol. The predicted octanol–water partition coefficient (Wildman–Crippen LogP) is 2.57. The van der Waals surface area contributed by atoms with Crippen LogP contribution in [0.2, 0.25) is 0 Å². The van der Waals surface area contributed by atoms with E-state index in [-0.39, 0.29) is 18.7 Å². The molecule has 2 N–H and O–H groups in total. The second-order valence-corrected chi connectivity index (χ2v) is 4.60. The largest absolute Gasteiger partial charge is 0.333 e. The van der Waals surface area contributed by atoms with Gasteiger partial charge in [0.25, 0.3) is 5.91 Å². The topological polar surface area (TPSA) is 46.3 Å². The fourth-order valence-electron chi connectivity index (χ4n) is 2.05. The quantitative estimate of drug-likeness (QED) is 0.920. The molecule has 21 heavy (non-hydrogen) atoms. The third-order valence-electron chi connectivity index (χ3n) is 3.08. The molecule has 0 aromatic heterocycles. The van der Waals surface area contributed by atoms with Gasteiger partial charge in [-0.2, -0.15) is 0 Å². The van der Waals surface area contributed by atoms with Gasteiger partial charge in [0.2, 0.25) is 0 Å². The highest BCUT2D eigenvalue weighted by atomic mass is 19.2. The Bertz CT molecular complexity index is 617. The lowest BCUT2D eigenvalue weighted by Crippen LogP contribution is -2.35. The van der Waals surface area contributed by atoms with Crippen molar-refractivity contribution in [2.24, 2.45) is 5.73 Å². The van der Waals surface area contributed by atoms with Crippen molar-refractivity contribution in [3.8, 4) is 0 Å². The summed E-state index contributed by atoms with van der Waals surface area (Å²) in [6.45, 7) is 0.812. The standard InChI is InChI=1S/C16H16F2N2O/c17-14-8-4-7-13(15(14)18)16(21)20(10-9-19)11-12-5-2-1-3-6-12/h1-8H,9-11,19H2. The highest BCUT2D eigenvalue weighted by Gasteiger charge is 2.20. The van der Waals surface area contributed by atoms with Crippen molar-refractivity contribution < 1.29 is 13.6 Å². The summed E-state index contributed by atoms with van der Waals surface area (Å²) in [6.07, 6.45) is 0. The van der Waals surface area contributed by atoms with Crippen LogP contribution in [0.25, 0.3) is 0 Å². The van der Waals surface area contributed by atoms with Gasteiger partial charge in [-0.05, 0) is 17.7 Å². The molecule has 0 fully saturated rings. The van der Waals surface area contributed by atoms with Crippen molar-refractivity contribution in [2.45, 2.75) is 6.54 Å². The summed E-state index contributed by atoms with van der Waals surface area (Å²) in [6, 6.07) is 12.9. The number of carbonyl (C=O) groups is 1. The van der Waals surface area contributed by atoms with E-state index in [0.717, 1.165) is 11.6 Å². The van der Waals surface area contributed by atoms with E-state index in [1.807, 2.05) is 30.3 Å². The number of benzene rings is 2. The highest BCUT2D eigenvalue weighted by molar-refractivity contribution is 5.94. The molecule has 0 bridgehead atoms. The summed E-state index contributed by atoms with van der Waals surface area (Å²) < 4.78 is 27.0. The second kappa shape index (κ2) is 6.95. The zero-order chi connectivity index (χ0) is 15.2. The lowest BCUT2D eigenvalue weighted by atomic mass is 10.1. The molecule has 0 heterocycles. The molecule has 3 nitrogen and oxygen atoms in total. The molecule has 0 aliphatic heterocycles. The number of hydrogen-bond acceptors (Lipinski definition) is 2. The summed E-state index contributed by atoms with van der Waals surface area (Å²) >= 11 is 0. The van der Waals surface area contributed by atoms with E-state index >= 15 is 0 Å². The summed E-state index contributed by atoms with van der Waals surface area (Å²) in [5.74, 6) is -2.73. The van der Waals surface area contributed by atoms with Gasteiger partial charge < -0.3 is 10.6 Å². The molecule has 0 atom stereocenters. The number of amides is 1. The Morgan fingerprint density at radius 2 is 1.76 bits per heavy atom. The number of halogens is 2. The maximum Gasteiger partial charge on any atom is 0.257 e. The zero-order valence-electron chi connectivity index (χ0n) is 11.4. The Morgan fingerprint density at radius 1 is 1.05 bits per heavy atom. The maximum atomic E-state index is 13.7. The maximum absolute atomic E-state index is 13.7. The van der Waals surface area contributed by atoms with Gasteiger partial charge >= 0.3 is 0 Å². The molecule has 0 saturated carbocycles. The molecule has 0 aliphatic carbocycles. The van der Waals surface area contributed by atoms with Gasteiger partial charge in [0, 0.05) is 19.6 Å². The van der Waals surface area contributed by atoms with Gasteiger partial charge in [-0.25, -0.2) is 8.78 Å². The molecule has 2 aromatic carbocycles. The molecule has 0 radical (unpaired) electrons. The average molecular weight is 290 g/mol. The van der Waals surface area contributed by atoms with E-state index in [2.05, 4.69) is 0 Å². The van der Waals surface area contributed by atoms with Crippen molar-refractivity contribution in [1.82, 2.24) is 4.90 Å². The molecule has 0 saturated heterocycles. The summed E-state index contributed by atoms with van der Waals surface area (Å²) in [5, 5.41) is 0. The summed E-state index contributed by atoms with van der Waals surface area (Å²) in [7, 11) is 0. The normalized spacial score (nSPS) is 10.4. The van der Waals surface area contributed by atoms with Crippen molar-refractivity contribution in [3.63, 3.8) is 0 Å². The van der Waals surface area contributed by atoms with Gasteiger partial charge in [0.05, 0.1) is 5.56 Å². The van der Waals surface area contributed by atoms with Crippen LogP contribution < -0.4 is 5.73 Å². The predicted molar refractivity (Wildman–Crippen MR) is 76.6 cm³/mol. The summed E-state index contributed by atoms with van der Waals surface area (Å²) in [5.41, 5.74) is 6.13. The molecule has 2 aromatic rings. The van der Waals surface area contributed by atoms with Crippen molar-refractivity contribution in [2.75, 3.05) is 13.1 Å². The van der Waals surface area contributed by atoms with Crippen LogP contribution in [-0.2, 0) is 6.54 Å². The first kappa shape index (κ1) is 15.1. The smallest absolute Gasteiger partial charge is 0.257 e. The zero-order valence-corrected chi connectivity index (χ0v) is 11.4. The van der Waals surface area contributed by atoms with Gasteiger partial charge in [0.15, 0.2) is 11.6 Å². The Balaban J connectivity index is 2.25. The first-order valence-electron chi connectivity index (χ1n) is 6.60. The molecular weight excluding hydrogens is 274 g/mol. The molecule has 0 spiro atoms. The third kappa shape index (κ3) is 3.64. The van der Waals surface area contributed by atoms with Crippen molar-refractivity contribution in [3.05, 3.63) is 71.3 Å². The van der Waals surface area contributed by atoms with E-state index in [9.17, 15) is 13.6 Å². The van der Waals surface area contributed by atoms with Crippen LogP contribution in [0.5, 0.6) is 0 Å². The van der Waals surface area contributed by atoms with E-state index in [1.54, 1.807) is 0 Å². The summed E-state index contributed by atoms with van der Waals surface area (Å²) in [4.78, 5) is 13.8. The fraction of sp³-hybridized carbons (Fsp3) is 0.188. The Kier molecular flexibility index (Phi) is 5.00. The third-order valence-corrected chi connectivity index (χ3v) is 3.08. The first-order valence-corrected chi connectivity index (χ1v) is 6.60. The average Bonchev–Trinajstić information content (AvgIpc) is 2.50. The number of nitrogens with two attached hydrogens (primary N) is 1. The lowest BCUT2D eigenvalue weighted by Gasteiger charge is -2.22. The van der Waals surface area contributed by atoms with E-state index in [4.69, 9.17) is 5.73 Å². The van der Waals surface area contributed by atoms with Crippen LogP contribution in [0.15, 0.2) is 48.5 Å². The molecule has 2 rings (SSSR count). The van der Waals surface area contributed by atoms with Crippen LogP contribution in [0.1, 0.15) is 15.9 Å². The molecule has 5 heteroatoms. The van der Waals surface area contributed by atoms with Crippen LogP contribution in [0.4, 0.5) is 8.78 Å². The minimum atomic E-state index is -1.13. The number of carbonyl (C=O) groups excluding carboxylic acids is 1. The lowest BCUT2D eigenvalue weighted by molar-refractivity contribution is 0.0742. The minimum absolute atomic E-state index is 0.246. The van der Waals surface area contributed by atoms with E-state index in [0.29, 0.717) is 6.54 Å². The van der Waals surface area contributed by atoms with E-state index in [1.165, 1.54) is 17.0 Å². The highest BCUT2D eigenvalue weighted by Crippen LogP contribution is 2.15. The van der Waals surface area contributed by atoms with Gasteiger partial charge in [-0.3, -0.25) is 4.79 Å². The molecule has 110 valence electrons. The Hall–Kier alpha value is -2.27. The van der Waals surface area contributed by atoms with Gasteiger partial charge in [0.1, 0.15) is 0 Å². The first-order chi connectivity index (χ1) is 10.1. The molecule has 1 amide bonds. The van der Waals surface area contributed by atoms with E-state index < -0.39 is 17.5 Å². The van der Waals surface area contributed by atoms with Crippen LogP contribution >= 0.6 is 0 Å². The number of nitrogens with zero attached hydrogens (tertiary/aromatic N) is 1. The van der Waals surface area contributed by atoms with Crippen molar-refractivity contribution in [1.29, 1.82) is 0 Å².